The average Bonchev–Trinajstić information content (AvgIpc) is 2.95. The highest BCUT2D eigenvalue weighted by Crippen LogP contribution is 2.13. The number of aryl methyl sites for hydroxylation is 1. The Morgan fingerprint density at radius 1 is 1.43 bits per heavy atom. The molecule has 0 aliphatic heterocycles. The van der Waals surface area contributed by atoms with Crippen LogP contribution in [-0.4, -0.2) is 33.4 Å². The lowest BCUT2D eigenvalue weighted by Gasteiger charge is -2.12. The number of rotatable bonds is 6. The molecule has 1 aromatic carbocycles. The van der Waals surface area contributed by atoms with Crippen molar-refractivity contribution in [2.45, 2.75) is 32.7 Å². The van der Waals surface area contributed by atoms with Crippen LogP contribution in [-0.2, 0) is 0 Å². The van der Waals surface area contributed by atoms with Crippen molar-refractivity contribution < 1.29 is 9.90 Å². The first-order valence-corrected chi connectivity index (χ1v) is 7.14. The molecule has 112 valence electrons. The van der Waals surface area contributed by atoms with Gasteiger partial charge in [0.1, 0.15) is 0 Å². The van der Waals surface area contributed by atoms with Crippen LogP contribution in [0.4, 0.5) is 0 Å². The highest BCUT2D eigenvalue weighted by molar-refractivity contribution is 5.93. The first-order chi connectivity index (χ1) is 10.1. The highest BCUT2D eigenvalue weighted by Gasteiger charge is 2.12. The summed E-state index contributed by atoms with van der Waals surface area (Å²) >= 11 is 0. The maximum atomic E-state index is 12.1. The van der Waals surface area contributed by atoms with E-state index in [0.29, 0.717) is 12.0 Å². The van der Waals surface area contributed by atoms with E-state index in [4.69, 9.17) is 5.11 Å². The number of amides is 1. The SMILES string of the molecule is Cc1ccccc1-n1cc(C(=O)NC(C)CCCO)cn1. The fourth-order valence-corrected chi connectivity index (χ4v) is 2.17. The molecular weight excluding hydrogens is 266 g/mol. The number of para-hydroxylation sites is 1. The fraction of sp³-hybridized carbons (Fsp3) is 0.375. The van der Waals surface area contributed by atoms with Crippen LogP contribution in [0.5, 0.6) is 0 Å². The molecule has 0 aliphatic carbocycles. The number of aliphatic hydroxyl groups is 1. The van der Waals surface area contributed by atoms with Gasteiger partial charge in [0.25, 0.3) is 5.91 Å². The number of carbonyl (C=O) groups is 1. The average molecular weight is 287 g/mol. The topological polar surface area (TPSA) is 67.2 Å². The number of aromatic nitrogens is 2. The highest BCUT2D eigenvalue weighted by atomic mass is 16.3. The lowest BCUT2D eigenvalue weighted by atomic mass is 10.2. The number of nitrogens with one attached hydrogen (secondary N) is 1. The zero-order valence-corrected chi connectivity index (χ0v) is 12.4. The summed E-state index contributed by atoms with van der Waals surface area (Å²) in [4.78, 5) is 12.1. The minimum atomic E-state index is -0.139. The molecule has 2 aromatic rings. The van der Waals surface area contributed by atoms with Crippen molar-refractivity contribution in [3.63, 3.8) is 0 Å². The normalized spacial score (nSPS) is 12.1. The molecular formula is C16H21N3O2. The lowest BCUT2D eigenvalue weighted by Crippen LogP contribution is -2.32. The minimum absolute atomic E-state index is 0.0338. The molecule has 5 nitrogen and oxygen atoms in total. The van der Waals surface area contributed by atoms with Crippen LogP contribution in [0.25, 0.3) is 5.69 Å². The molecule has 1 atom stereocenters. The van der Waals surface area contributed by atoms with Gasteiger partial charge in [0.15, 0.2) is 0 Å². The molecule has 21 heavy (non-hydrogen) atoms. The van der Waals surface area contributed by atoms with Gasteiger partial charge in [-0.05, 0) is 38.3 Å². The summed E-state index contributed by atoms with van der Waals surface area (Å²) in [7, 11) is 0. The third-order valence-corrected chi connectivity index (χ3v) is 3.38. The van der Waals surface area contributed by atoms with E-state index in [2.05, 4.69) is 10.4 Å². The molecule has 0 saturated heterocycles. The van der Waals surface area contributed by atoms with Gasteiger partial charge in [0, 0.05) is 18.8 Å². The van der Waals surface area contributed by atoms with E-state index < -0.39 is 0 Å². The maximum absolute atomic E-state index is 12.1. The molecule has 0 radical (unpaired) electrons. The lowest BCUT2D eigenvalue weighted by molar-refractivity contribution is 0.0936. The first-order valence-electron chi connectivity index (χ1n) is 7.14. The van der Waals surface area contributed by atoms with Gasteiger partial charge in [-0.25, -0.2) is 4.68 Å². The summed E-state index contributed by atoms with van der Waals surface area (Å²) in [5.41, 5.74) is 2.60. The van der Waals surface area contributed by atoms with Crippen LogP contribution in [0.3, 0.4) is 0 Å². The van der Waals surface area contributed by atoms with Crippen molar-refractivity contribution in [2.75, 3.05) is 6.61 Å². The largest absolute Gasteiger partial charge is 0.396 e. The monoisotopic (exact) mass is 287 g/mol. The Kier molecular flexibility index (Phi) is 5.11. The van der Waals surface area contributed by atoms with Crippen LogP contribution >= 0.6 is 0 Å². The molecule has 2 N–H and O–H groups in total. The van der Waals surface area contributed by atoms with E-state index in [0.717, 1.165) is 17.7 Å². The number of benzene rings is 1. The first kappa shape index (κ1) is 15.3. The molecule has 0 saturated carbocycles. The maximum Gasteiger partial charge on any atom is 0.254 e. The standard InChI is InChI=1S/C16H21N3O2/c1-12-6-3-4-8-15(12)19-11-14(10-17-19)16(21)18-13(2)7-5-9-20/h3-4,6,8,10-11,13,20H,5,7,9H2,1-2H3,(H,18,21). The molecule has 2 rings (SSSR count). The fourth-order valence-electron chi connectivity index (χ4n) is 2.17. The van der Waals surface area contributed by atoms with Crippen molar-refractivity contribution in [1.29, 1.82) is 0 Å². The molecule has 0 bridgehead atoms. The molecule has 0 aliphatic rings. The Morgan fingerprint density at radius 3 is 2.90 bits per heavy atom. The number of hydrogen-bond donors (Lipinski definition) is 2. The third kappa shape index (κ3) is 3.92. The summed E-state index contributed by atoms with van der Waals surface area (Å²) in [6.07, 6.45) is 4.75. The Labute approximate surface area is 124 Å². The summed E-state index contributed by atoms with van der Waals surface area (Å²) in [6.45, 7) is 4.08. The Morgan fingerprint density at radius 2 is 2.19 bits per heavy atom. The van der Waals surface area contributed by atoms with Crippen LogP contribution in [0.15, 0.2) is 36.7 Å². The quantitative estimate of drug-likeness (QED) is 0.854. The Hall–Kier alpha value is -2.14. The molecule has 0 fully saturated rings. The van der Waals surface area contributed by atoms with Crippen molar-refractivity contribution in [1.82, 2.24) is 15.1 Å². The van der Waals surface area contributed by atoms with Crippen molar-refractivity contribution in [3.8, 4) is 5.69 Å². The van der Waals surface area contributed by atoms with E-state index in [1.807, 2.05) is 38.1 Å². The van der Waals surface area contributed by atoms with E-state index in [1.54, 1.807) is 17.1 Å². The van der Waals surface area contributed by atoms with Gasteiger partial charge in [-0.2, -0.15) is 5.10 Å². The summed E-state index contributed by atoms with van der Waals surface area (Å²) in [5, 5.41) is 16.0. The van der Waals surface area contributed by atoms with Crippen LogP contribution in [0, 0.1) is 6.92 Å². The number of nitrogens with zero attached hydrogens (tertiary/aromatic N) is 2. The molecule has 5 heteroatoms. The molecule has 1 aromatic heterocycles. The van der Waals surface area contributed by atoms with Gasteiger partial charge in [0.2, 0.25) is 0 Å². The van der Waals surface area contributed by atoms with Crippen LogP contribution in [0.2, 0.25) is 0 Å². The van der Waals surface area contributed by atoms with Gasteiger partial charge >= 0.3 is 0 Å². The van der Waals surface area contributed by atoms with E-state index in [9.17, 15) is 4.79 Å². The van der Waals surface area contributed by atoms with Crippen molar-refractivity contribution >= 4 is 5.91 Å². The molecule has 1 heterocycles. The minimum Gasteiger partial charge on any atom is -0.396 e. The summed E-state index contributed by atoms with van der Waals surface area (Å²) < 4.78 is 1.71. The van der Waals surface area contributed by atoms with E-state index >= 15 is 0 Å². The van der Waals surface area contributed by atoms with Crippen molar-refractivity contribution in [2.24, 2.45) is 0 Å². The predicted molar refractivity (Wildman–Crippen MR) is 81.5 cm³/mol. The predicted octanol–water partition coefficient (Wildman–Crippen LogP) is 2.07. The Bertz CT molecular complexity index is 607. The van der Waals surface area contributed by atoms with E-state index in [1.165, 1.54) is 0 Å². The zero-order valence-electron chi connectivity index (χ0n) is 12.4. The molecule has 1 amide bonds. The second-order valence-corrected chi connectivity index (χ2v) is 5.20. The second kappa shape index (κ2) is 7.04. The summed E-state index contributed by atoms with van der Waals surface area (Å²) in [6, 6.07) is 7.92. The van der Waals surface area contributed by atoms with Crippen molar-refractivity contribution in [3.05, 3.63) is 47.8 Å². The number of carbonyl (C=O) groups excluding carboxylic acids is 1. The van der Waals surface area contributed by atoms with Gasteiger partial charge in [0.05, 0.1) is 17.4 Å². The molecule has 0 spiro atoms. The van der Waals surface area contributed by atoms with Crippen LogP contribution in [0.1, 0.15) is 35.7 Å². The second-order valence-electron chi connectivity index (χ2n) is 5.20. The number of hydrogen-bond acceptors (Lipinski definition) is 3. The number of aliphatic hydroxyl groups excluding tert-OH is 1. The van der Waals surface area contributed by atoms with Gasteiger partial charge in [-0.1, -0.05) is 18.2 Å². The smallest absolute Gasteiger partial charge is 0.254 e. The van der Waals surface area contributed by atoms with Gasteiger partial charge < -0.3 is 10.4 Å². The Balaban J connectivity index is 2.06. The third-order valence-electron chi connectivity index (χ3n) is 3.38. The van der Waals surface area contributed by atoms with Gasteiger partial charge in [-0.3, -0.25) is 4.79 Å². The zero-order chi connectivity index (χ0) is 15.2. The van der Waals surface area contributed by atoms with Gasteiger partial charge in [-0.15, -0.1) is 0 Å². The summed E-state index contributed by atoms with van der Waals surface area (Å²) in [5.74, 6) is -0.139. The van der Waals surface area contributed by atoms with E-state index in [-0.39, 0.29) is 18.6 Å². The van der Waals surface area contributed by atoms with Crippen LogP contribution < -0.4 is 5.32 Å². The molecule has 1 unspecified atom stereocenters.